The van der Waals surface area contributed by atoms with E-state index in [1.54, 1.807) is 6.92 Å². The number of methoxy groups -OCH3 is 2. The Morgan fingerprint density at radius 2 is 1.57 bits per heavy atom. The van der Waals surface area contributed by atoms with Crippen LogP contribution in [-0.4, -0.2) is 101 Å². The second kappa shape index (κ2) is 10.0. The van der Waals surface area contributed by atoms with Gasteiger partial charge in [0.1, 0.15) is 0 Å². The SMILES string of the molecule is CCOC(=O)N1CCN(S(=O)(=O)N(CCOC)CCOC)CC1. The molecular formula is C13H27N3O6S. The summed E-state index contributed by atoms with van der Waals surface area (Å²) in [7, 11) is -0.548. The molecule has 0 unspecified atom stereocenters. The molecule has 0 aromatic heterocycles. The first kappa shape index (κ1) is 20.1. The van der Waals surface area contributed by atoms with E-state index in [0.717, 1.165) is 0 Å². The number of nitrogens with zero attached hydrogens (tertiary/aromatic N) is 3. The molecule has 1 heterocycles. The maximum Gasteiger partial charge on any atom is 0.409 e. The minimum absolute atomic E-state index is 0.248. The summed E-state index contributed by atoms with van der Waals surface area (Å²) >= 11 is 0. The van der Waals surface area contributed by atoms with Crippen LogP contribution in [0.4, 0.5) is 4.79 Å². The zero-order valence-electron chi connectivity index (χ0n) is 14.1. The molecule has 0 bridgehead atoms. The van der Waals surface area contributed by atoms with Gasteiger partial charge in [-0.05, 0) is 6.92 Å². The molecule has 0 atom stereocenters. The van der Waals surface area contributed by atoms with Crippen LogP contribution in [0.2, 0.25) is 0 Å². The lowest BCUT2D eigenvalue weighted by molar-refractivity contribution is 0.0915. The van der Waals surface area contributed by atoms with Gasteiger partial charge in [-0.15, -0.1) is 0 Å². The van der Waals surface area contributed by atoms with Crippen LogP contribution in [0.15, 0.2) is 0 Å². The number of ether oxygens (including phenoxy) is 3. The summed E-state index contributed by atoms with van der Waals surface area (Å²) in [6, 6.07) is 0. The number of hydrogen-bond donors (Lipinski definition) is 0. The highest BCUT2D eigenvalue weighted by Gasteiger charge is 2.33. The van der Waals surface area contributed by atoms with Gasteiger partial charge in [-0.25, -0.2) is 4.79 Å². The van der Waals surface area contributed by atoms with Gasteiger partial charge in [0.05, 0.1) is 19.8 Å². The molecule has 0 radical (unpaired) electrons. The Morgan fingerprint density at radius 1 is 1.04 bits per heavy atom. The summed E-state index contributed by atoms with van der Waals surface area (Å²) in [5.74, 6) is 0. The molecule has 1 amide bonds. The van der Waals surface area contributed by atoms with Crippen LogP contribution in [0.3, 0.4) is 0 Å². The fourth-order valence-corrected chi connectivity index (χ4v) is 3.77. The van der Waals surface area contributed by atoms with Gasteiger partial charge in [0.15, 0.2) is 0 Å². The van der Waals surface area contributed by atoms with Crippen molar-refractivity contribution in [1.29, 1.82) is 0 Å². The van der Waals surface area contributed by atoms with Gasteiger partial charge in [-0.1, -0.05) is 0 Å². The molecule has 10 heteroatoms. The third-order valence-electron chi connectivity index (χ3n) is 3.51. The molecule has 1 aliphatic heterocycles. The predicted molar refractivity (Wildman–Crippen MR) is 84.4 cm³/mol. The molecule has 9 nitrogen and oxygen atoms in total. The predicted octanol–water partition coefficient (Wildman–Crippen LogP) is -0.400. The molecule has 0 aliphatic carbocycles. The fraction of sp³-hybridized carbons (Fsp3) is 0.923. The molecule has 136 valence electrons. The van der Waals surface area contributed by atoms with Crippen LogP contribution in [-0.2, 0) is 24.4 Å². The van der Waals surface area contributed by atoms with Gasteiger partial charge < -0.3 is 19.1 Å². The van der Waals surface area contributed by atoms with Crippen molar-refractivity contribution in [3.05, 3.63) is 0 Å². The van der Waals surface area contributed by atoms with Gasteiger partial charge in [-0.2, -0.15) is 17.0 Å². The largest absolute Gasteiger partial charge is 0.450 e. The van der Waals surface area contributed by atoms with Crippen LogP contribution in [0.25, 0.3) is 0 Å². The molecule has 0 spiro atoms. The molecule has 1 aliphatic rings. The van der Waals surface area contributed by atoms with Gasteiger partial charge >= 0.3 is 6.09 Å². The highest BCUT2D eigenvalue weighted by Crippen LogP contribution is 2.13. The lowest BCUT2D eigenvalue weighted by Gasteiger charge is -2.36. The first-order valence-electron chi connectivity index (χ1n) is 7.62. The smallest absolute Gasteiger partial charge is 0.409 e. The summed E-state index contributed by atoms with van der Waals surface area (Å²) in [5.41, 5.74) is 0. The molecule has 23 heavy (non-hydrogen) atoms. The summed E-state index contributed by atoms with van der Waals surface area (Å²) in [6.45, 7) is 4.33. The van der Waals surface area contributed by atoms with Crippen LogP contribution in [0.5, 0.6) is 0 Å². The molecule has 0 aromatic rings. The van der Waals surface area contributed by atoms with E-state index in [9.17, 15) is 13.2 Å². The van der Waals surface area contributed by atoms with Crippen molar-refractivity contribution >= 4 is 16.3 Å². The van der Waals surface area contributed by atoms with Crippen molar-refractivity contribution < 1.29 is 27.4 Å². The number of rotatable bonds is 9. The zero-order valence-corrected chi connectivity index (χ0v) is 14.9. The van der Waals surface area contributed by atoms with Crippen LogP contribution >= 0.6 is 0 Å². The minimum Gasteiger partial charge on any atom is -0.450 e. The lowest BCUT2D eigenvalue weighted by Crippen LogP contribution is -2.55. The summed E-state index contributed by atoms with van der Waals surface area (Å²) in [6.07, 6.45) is -0.403. The number of carbonyl (C=O) groups is 1. The van der Waals surface area contributed by atoms with Crippen LogP contribution < -0.4 is 0 Å². The number of amides is 1. The average molecular weight is 353 g/mol. The highest BCUT2D eigenvalue weighted by atomic mass is 32.2. The van der Waals surface area contributed by atoms with Crippen molar-refractivity contribution in [2.45, 2.75) is 6.92 Å². The Bertz CT molecular complexity index is 443. The Hall–Kier alpha value is -0.940. The Balaban J connectivity index is 2.65. The van der Waals surface area contributed by atoms with E-state index in [2.05, 4.69) is 0 Å². The maximum absolute atomic E-state index is 12.7. The molecule has 1 fully saturated rings. The standard InChI is InChI=1S/C13H27N3O6S/c1-4-22-13(17)14-5-7-15(8-6-14)23(18,19)16(9-11-20-2)10-12-21-3/h4-12H2,1-3H3. The summed E-state index contributed by atoms with van der Waals surface area (Å²) in [5, 5.41) is 0. The monoisotopic (exact) mass is 353 g/mol. The van der Waals surface area contributed by atoms with E-state index >= 15 is 0 Å². The van der Waals surface area contributed by atoms with E-state index in [-0.39, 0.29) is 26.2 Å². The van der Waals surface area contributed by atoms with Gasteiger partial charge in [0.2, 0.25) is 0 Å². The Labute approximate surface area is 138 Å². The van der Waals surface area contributed by atoms with Crippen molar-refractivity contribution in [3.63, 3.8) is 0 Å². The number of piperazine rings is 1. The van der Waals surface area contributed by atoms with E-state index in [4.69, 9.17) is 14.2 Å². The van der Waals surface area contributed by atoms with Crippen LogP contribution in [0.1, 0.15) is 6.92 Å². The molecule has 0 saturated carbocycles. The summed E-state index contributed by atoms with van der Waals surface area (Å²) < 4.78 is 43.0. The number of hydrogen-bond acceptors (Lipinski definition) is 6. The second-order valence-electron chi connectivity index (χ2n) is 4.98. The molecule has 1 rings (SSSR count). The quantitative estimate of drug-likeness (QED) is 0.560. The van der Waals surface area contributed by atoms with Gasteiger partial charge in [0.25, 0.3) is 10.2 Å². The van der Waals surface area contributed by atoms with E-state index < -0.39 is 16.3 Å². The van der Waals surface area contributed by atoms with Crippen molar-refractivity contribution in [2.24, 2.45) is 0 Å². The molecule has 0 aromatic carbocycles. The minimum atomic E-state index is -3.60. The fourth-order valence-electron chi connectivity index (χ4n) is 2.21. The molecular weight excluding hydrogens is 326 g/mol. The summed E-state index contributed by atoms with van der Waals surface area (Å²) in [4.78, 5) is 13.2. The Kier molecular flexibility index (Phi) is 8.77. The van der Waals surface area contributed by atoms with Crippen LogP contribution in [0, 0.1) is 0 Å². The third-order valence-corrected chi connectivity index (χ3v) is 5.54. The topological polar surface area (TPSA) is 88.6 Å². The molecule has 1 saturated heterocycles. The van der Waals surface area contributed by atoms with Gasteiger partial charge in [-0.3, -0.25) is 0 Å². The first-order chi connectivity index (χ1) is 11.0. The second-order valence-corrected chi connectivity index (χ2v) is 6.91. The lowest BCUT2D eigenvalue weighted by atomic mass is 10.4. The van der Waals surface area contributed by atoms with Crippen molar-refractivity contribution in [3.8, 4) is 0 Å². The van der Waals surface area contributed by atoms with Crippen molar-refractivity contribution in [2.75, 3.05) is 73.3 Å². The van der Waals surface area contributed by atoms with E-state index in [1.807, 2.05) is 0 Å². The highest BCUT2D eigenvalue weighted by molar-refractivity contribution is 7.86. The van der Waals surface area contributed by atoms with E-state index in [0.29, 0.717) is 32.9 Å². The molecule has 0 N–H and O–H groups in total. The zero-order chi connectivity index (χ0) is 17.3. The first-order valence-corrected chi connectivity index (χ1v) is 9.01. The van der Waals surface area contributed by atoms with Crippen molar-refractivity contribution in [1.82, 2.24) is 13.5 Å². The number of carbonyl (C=O) groups excluding carboxylic acids is 1. The maximum atomic E-state index is 12.7. The normalized spacial score (nSPS) is 16.8. The Morgan fingerprint density at radius 3 is 2.00 bits per heavy atom. The average Bonchev–Trinajstić information content (AvgIpc) is 2.55. The third kappa shape index (κ3) is 5.88. The van der Waals surface area contributed by atoms with Gasteiger partial charge in [0, 0.05) is 53.5 Å². The van der Waals surface area contributed by atoms with E-state index in [1.165, 1.54) is 27.7 Å².